The van der Waals surface area contributed by atoms with Crippen LogP contribution < -0.4 is 25.4 Å². The number of anilines is 1. The highest BCUT2D eigenvalue weighted by molar-refractivity contribution is 6.40. The molecule has 3 aromatic carbocycles. The third-order valence-electron chi connectivity index (χ3n) is 6.32. The first-order valence-corrected chi connectivity index (χ1v) is 13.7. The van der Waals surface area contributed by atoms with E-state index in [1.165, 1.54) is 26.0 Å². The molecule has 11 nitrogen and oxygen atoms in total. The van der Waals surface area contributed by atoms with E-state index in [0.29, 0.717) is 12.4 Å². The molecule has 244 valence electrons. The predicted molar refractivity (Wildman–Crippen MR) is 154 cm³/mol. The summed E-state index contributed by atoms with van der Waals surface area (Å²) in [7, 11) is 0. The Kier molecular flexibility index (Phi) is 12.2. The molecule has 4 N–H and O–H groups in total. The summed E-state index contributed by atoms with van der Waals surface area (Å²) in [5.74, 6) is -15.5. The Morgan fingerprint density at radius 2 is 1.41 bits per heavy atom. The zero-order valence-electron chi connectivity index (χ0n) is 24.4. The quantitative estimate of drug-likeness (QED) is 0.118. The second-order valence-electron chi connectivity index (χ2n) is 10.2. The number of nitrogens with one attached hydrogen (secondary N) is 3. The monoisotopic (exact) mass is 647 g/mol. The number of carbonyl (C=O) groups excluding carboxylic acids is 4. The maximum atomic E-state index is 13.9. The Balaban J connectivity index is 1.60. The molecule has 3 amide bonds. The Morgan fingerprint density at radius 1 is 0.804 bits per heavy atom. The van der Waals surface area contributed by atoms with Crippen LogP contribution in [0, 0.1) is 29.2 Å². The Morgan fingerprint density at radius 3 is 1.98 bits per heavy atom. The van der Waals surface area contributed by atoms with Crippen molar-refractivity contribution in [2.75, 3.05) is 11.9 Å². The first-order valence-electron chi connectivity index (χ1n) is 13.7. The van der Waals surface area contributed by atoms with Gasteiger partial charge >= 0.3 is 17.8 Å². The second kappa shape index (κ2) is 16.0. The van der Waals surface area contributed by atoms with Crippen molar-refractivity contribution in [3.05, 3.63) is 89.5 Å². The van der Waals surface area contributed by atoms with Crippen LogP contribution in [-0.4, -0.2) is 53.3 Å². The van der Waals surface area contributed by atoms with Gasteiger partial charge in [0.15, 0.2) is 23.2 Å². The lowest BCUT2D eigenvalue weighted by molar-refractivity contribution is -0.141. The third-order valence-corrected chi connectivity index (χ3v) is 6.32. The fourth-order valence-electron chi connectivity index (χ4n) is 3.91. The number of aliphatic carboxylic acids is 1. The van der Waals surface area contributed by atoms with Crippen LogP contribution in [0.4, 0.5) is 23.2 Å². The van der Waals surface area contributed by atoms with Gasteiger partial charge in [-0.25, -0.2) is 8.78 Å². The standard InChI is InChI=1S/C31H29F4N3O8/c1-16(2)27(38-31(44)30(43)36-18-8-10-19(11-9-18)45-14-17-6-4-3-5-7-17)29(42)37-22(13-24(40)41)23(39)15-46-28-25(34)20(32)12-21(33)26(28)35/h3-12,16,22,27H,13-15H2,1-2H3,(H,36,43)(H,37,42)(H,38,44)(H,40,41)/t22-,27-/m0/s1. The number of halogens is 4. The molecule has 0 unspecified atom stereocenters. The maximum Gasteiger partial charge on any atom is 0.313 e. The van der Waals surface area contributed by atoms with Crippen molar-refractivity contribution in [3.63, 3.8) is 0 Å². The summed E-state index contributed by atoms with van der Waals surface area (Å²) in [5.41, 5.74) is 1.18. The van der Waals surface area contributed by atoms with Crippen LogP contribution in [0.25, 0.3) is 0 Å². The van der Waals surface area contributed by atoms with Crippen LogP contribution in [0.5, 0.6) is 11.5 Å². The van der Waals surface area contributed by atoms with Crippen molar-refractivity contribution in [1.82, 2.24) is 10.6 Å². The van der Waals surface area contributed by atoms with Gasteiger partial charge < -0.3 is 30.5 Å². The number of rotatable bonds is 14. The van der Waals surface area contributed by atoms with Gasteiger partial charge in [0.25, 0.3) is 0 Å². The number of benzene rings is 3. The summed E-state index contributed by atoms with van der Waals surface area (Å²) in [6.45, 7) is 1.99. The van der Waals surface area contributed by atoms with Gasteiger partial charge in [0.05, 0.1) is 6.42 Å². The maximum absolute atomic E-state index is 13.9. The van der Waals surface area contributed by atoms with Crippen molar-refractivity contribution in [3.8, 4) is 11.5 Å². The van der Waals surface area contributed by atoms with E-state index in [9.17, 15) is 46.6 Å². The van der Waals surface area contributed by atoms with Gasteiger partial charge in [0.2, 0.25) is 17.5 Å². The average Bonchev–Trinajstić information content (AvgIpc) is 3.01. The second-order valence-corrected chi connectivity index (χ2v) is 10.2. The van der Waals surface area contributed by atoms with Crippen molar-refractivity contribution in [2.45, 2.75) is 39.0 Å². The molecule has 0 spiro atoms. The first kappa shape index (κ1) is 35.0. The minimum atomic E-state index is -1.93. The van der Waals surface area contributed by atoms with E-state index < -0.39 is 89.5 Å². The van der Waals surface area contributed by atoms with Crippen LogP contribution in [0.2, 0.25) is 0 Å². The number of carboxylic acids is 1. The van der Waals surface area contributed by atoms with E-state index in [1.54, 1.807) is 12.1 Å². The van der Waals surface area contributed by atoms with Crippen LogP contribution in [0.1, 0.15) is 25.8 Å². The molecule has 15 heteroatoms. The number of ketones is 1. The molecule has 0 aliphatic rings. The molecule has 3 rings (SSSR count). The number of hydrogen-bond acceptors (Lipinski definition) is 7. The lowest BCUT2D eigenvalue weighted by Gasteiger charge is -2.24. The van der Waals surface area contributed by atoms with Gasteiger partial charge in [-0.05, 0) is 35.7 Å². The summed E-state index contributed by atoms with van der Waals surface area (Å²) in [4.78, 5) is 62.1. The van der Waals surface area contributed by atoms with E-state index in [2.05, 4.69) is 20.7 Å². The zero-order chi connectivity index (χ0) is 34.0. The zero-order valence-corrected chi connectivity index (χ0v) is 24.4. The SMILES string of the molecule is CC(C)[C@H](NC(=O)C(=O)Nc1ccc(OCc2ccccc2)cc1)C(=O)N[C@@H](CC(=O)O)C(=O)COc1c(F)c(F)cc(F)c1F. The van der Waals surface area contributed by atoms with Crippen molar-refractivity contribution >= 4 is 35.2 Å². The molecule has 0 saturated heterocycles. The molecule has 46 heavy (non-hydrogen) atoms. The fourth-order valence-corrected chi connectivity index (χ4v) is 3.91. The lowest BCUT2D eigenvalue weighted by Crippen LogP contribution is -2.56. The average molecular weight is 648 g/mol. The summed E-state index contributed by atoms with van der Waals surface area (Å²) >= 11 is 0. The molecular formula is C31H29F4N3O8. The van der Waals surface area contributed by atoms with E-state index in [4.69, 9.17) is 4.74 Å². The van der Waals surface area contributed by atoms with Crippen molar-refractivity contribution < 1.29 is 56.1 Å². The first-order chi connectivity index (χ1) is 21.8. The van der Waals surface area contributed by atoms with Gasteiger partial charge in [-0.15, -0.1) is 0 Å². The molecular weight excluding hydrogens is 618 g/mol. The minimum absolute atomic E-state index is 0.0771. The highest BCUT2D eigenvalue weighted by Crippen LogP contribution is 2.26. The molecule has 0 aliphatic heterocycles. The van der Waals surface area contributed by atoms with E-state index >= 15 is 0 Å². The van der Waals surface area contributed by atoms with Crippen molar-refractivity contribution in [1.29, 1.82) is 0 Å². The third kappa shape index (κ3) is 9.77. The molecule has 0 heterocycles. The topological polar surface area (TPSA) is 160 Å². The summed E-state index contributed by atoms with van der Waals surface area (Å²) < 4.78 is 64.9. The van der Waals surface area contributed by atoms with E-state index in [1.807, 2.05) is 30.3 Å². The van der Waals surface area contributed by atoms with Crippen molar-refractivity contribution in [2.24, 2.45) is 5.92 Å². The van der Waals surface area contributed by atoms with E-state index in [-0.39, 0.29) is 11.8 Å². The van der Waals surface area contributed by atoms with Crippen LogP contribution >= 0.6 is 0 Å². The van der Waals surface area contributed by atoms with Crippen LogP contribution in [-0.2, 0) is 30.6 Å². The molecule has 0 radical (unpaired) electrons. The number of amides is 3. The normalized spacial score (nSPS) is 12.1. The molecule has 3 aromatic rings. The Labute approximate surface area is 259 Å². The summed E-state index contributed by atoms with van der Waals surface area (Å²) in [5, 5.41) is 15.9. The molecule has 0 fully saturated rings. The number of Topliss-reactive ketones (excluding diaryl/α,β-unsaturated/α-hetero) is 1. The minimum Gasteiger partial charge on any atom is -0.489 e. The number of ether oxygens (including phenoxy) is 2. The van der Waals surface area contributed by atoms with E-state index in [0.717, 1.165) is 5.56 Å². The summed E-state index contributed by atoms with van der Waals surface area (Å²) in [6.07, 6.45) is -1.03. The highest BCUT2D eigenvalue weighted by Gasteiger charge is 2.32. The molecule has 0 bridgehead atoms. The number of carbonyl (C=O) groups is 5. The largest absolute Gasteiger partial charge is 0.489 e. The Hall–Kier alpha value is -5.47. The highest BCUT2D eigenvalue weighted by atomic mass is 19.2. The molecule has 0 saturated carbocycles. The molecule has 0 aliphatic carbocycles. The fraction of sp³-hybridized carbons (Fsp3) is 0.258. The van der Waals surface area contributed by atoms with Crippen LogP contribution in [0.3, 0.4) is 0 Å². The lowest BCUT2D eigenvalue weighted by atomic mass is 10.0. The molecule has 2 atom stereocenters. The smallest absolute Gasteiger partial charge is 0.313 e. The Bertz CT molecular complexity index is 1560. The van der Waals surface area contributed by atoms with Gasteiger partial charge in [-0.3, -0.25) is 24.0 Å². The summed E-state index contributed by atoms with van der Waals surface area (Å²) in [6, 6.07) is 12.1. The van der Waals surface area contributed by atoms with Gasteiger partial charge in [0.1, 0.15) is 31.0 Å². The van der Waals surface area contributed by atoms with Crippen LogP contribution in [0.15, 0.2) is 60.7 Å². The predicted octanol–water partition coefficient (Wildman–Crippen LogP) is 3.51. The van der Waals surface area contributed by atoms with Gasteiger partial charge in [-0.1, -0.05) is 44.2 Å². The number of hydrogen-bond donors (Lipinski definition) is 4. The number of carboxylic acid groups (broad SMARTS) is 1. The molecule has 0 aromatic heterocycles. The van der Waals surface area contributed by atoms with Gasteiger partial charge in [0, 0.05) is 11.8 Å². The van der Waals surface area contributed by atoms with Gasteiger partial charge in [-0.2, -0.15) is 8.78 Å².